The number of aromatic hydroxyl groups is 4. The van der Waals surface area contributed by atoms with E-state index in [4.69, 9.17) is 0 Å². The maximum Gasteiger partial charge on any atom is 0.127 e. The summed E-state index contributed by atoms with van der Waals surface area (Å²) in [4.78, 5) is 0. The molecule has 4 heteroatoms. The van der Waals surface area contributed by atoms with Crippen LogP contribution in [-0.2, 0) is 6.42 Å². The van der Waals surface area contributed by atoms with Gasteiger partial charge in [0.05, 0.1) is 0 Å². The van der Waals surface area contributed by atoms with Crippen LogP contribution in [0.15, 0.2) is 84.9 Å². The molecule has 0 bridgehead atoms. The third kappa shape index (κ3) is 3.48. The van der Waals surface area contributed by atoms with Crippen LogP contribution in [0.2, 0.25) is 0 Å². The number of phenols is 4. The summed E-state index contributed by atoms with van der Waals surface area (Å²) in [5, 5.41) is 41.9. The molecule has 4 N–H and O–H groups in total. The summed E-state index contributed by atoms with van der Waals surface area (Å²) < 4.78 is 0. The van der Waals surface area contributed by atoms with Crippen molar-refractivity contribution in [1.29, 1.82) is 0 Å². The van der Waals surface area contributed by atoms with Crippen molar-refractivity contribution in [2.75, 3.05) is 0 Å². The second-order valence-electron chi connectivity index (χ2n) is 6.84. The van der Waals surface area contributed by atoms with Crippen LogP contribution in [0.1, 0.15) is 11.1 Å². The summed E-state index contributed by atoms with van der Waals surface area (Å²) in [6, 6.07) is 24.3. The van der Waals surface area contributed by atoms with Gasteiger partial charge in [0.2, 0.25) is 0 Å². The van der Waals surface area contributed by atoms with Crippen LogP contribution in [0.25, 0.3) is 22.3 Å². The highest BCUT2D eigenvalue weighted by molar-refractivity contribution is 5.78. The lowest BCUT2D eigenvalue weighted by Crippen LogP contribution is -1.93. The van der Waals surface area contributed by atoms with Crippen LogP contribution >= 0.6 is 0 Å². The maximum absolute atomic E-state index is 10.8. The molecule has 4 aromatic rings. The van der Waals surface area contributed by atoms with Crippen molar-refractivity contribution in [3.8, 4) is 45.3 Å². The van der Waals surface area contributed by atoms with Gasteiger partial charge in [0, 0.05) is 28.7 Å². The van der Waals surface area contributed by atoms with Gasteiger partial charge in [0.15, 0.2) is 0 Å². The zero-order valence-electron chi connectivity index (χ0n) is 15.6. The van der Waals surface area contributed by atoms with Crippen molar-refractivity contribution in [1.82, 2.24) is 0 Å². The lowest BCUT2D eigenvalue weighted by molar-refractivity contribution is 0.460. The minimum atomic E-state index is 0.0568. The molecule has 4 nitrogen and oxygen atoms in total. The average molecular weight is 384 g/mol. The maximum atomic E-state index is 10.8. The highest BCUT2D eigenvalue weighted by Crippen LogP contribution is 2.41. The smallest absolute Gasteiger partial charge is 0.127 e. The first-order valence-corrected chi connectivity index (χ1v) is 9.24. The molecule has 144 valence electrons. The van der Waals surface area contributed by atoms with Gasteiger partial charge in [-0.1, -0.05) is 72.8 Å². The van der Waals surface area contributed by atoms with Crippen LogP contribution in [0.3, 0.4) is 0 Å². The second kappa shape index (κ2) is 7.60. The normalized spacial score (nSPS) is 10.8. The molecule has 0 fully saturated rings. The summed E-state index contributed by atoms with van der Waals surface area (Å²) in [7, 11) is 0. The van der Waals surface area contributed by atoms with E-state index in [1.54, 1.807) is 84.9 Å². The first-order valence-electron chi connectivity index (χ1n) is 9.24. The van der Waals surface area contributed by atoms with Crippen LogP contribution in [0.4, 0.5) is 0 Å². The molecule has 0 unspecified atom stereocenters. The molecule has 0 aliphatic carbocycles. The first-order chi connectivity index (χ1) is 14.1. The van der Waals surface area contributed by atoms with E-state index in [0.717, 1.165) is 0 Å². The molecule has 0 aromatic heterocycles. The van der Waals surface area contributed by atoms with Crippen LogP contribution in [0, 0.1) is 0 Å². The van der Waals surface area contributed by atoms with Crippen molar-refractivity contribution in [3.63, 3.8) is 0 Å². The van der Waals surface area contributed by atoms with Crippen LogP contribution in [0.5, 0.6) is 23.0 Å². The van der Waals surface area contributed by atoms with E-state index in [-0.39, 0.29) is 23.0 Å². The van der Waals surface area contributed by atoms with Gasteiger partial charge >= 0.3 is 0 Å². The number of hydrogen-bond donors (Lipinski definition) is 4. The van der Waals surface area contributed by atoms with E-state index >= 15 is 0 Å². The number of phenolic OH excluding ortho intramolecular Hbond substituents is 4. The summed E-state index contributed by atoms with van der Waals surface area (Å²) in [6.45, 7) is 0. The fourth-order valence-corrected chi connectivity index (χ4v) is 3.51. The Hall–Kier alpha value is -3.92. The van der Waals surface area contributed by atoms with E-state index in [0.29, 0.717) is 39.8 Å². The molecule has 29 heavy (non-hydrogen) atoms. The summed E-state index contributed by atoms with van der Waals surface area (Å²) in [5.41, 5.74) is 3.37. The highest BCUT2D eigenvalue weighted by atomic mass is 16.3. The van der Waals surface area contributed by atoms with Gasteiger partial charge in [-0.05, 0) is 23.3 Å². The van der Waals surface area contributed by atoms with Gasteiger partial charge in [-0.2, -0.15) is 0 Å². The SMILES string of the molecule is Oc1ccccc1-c1cccc(Cc2cccc(-c3ccccc3O)c2O)c1O. The monoisotopic (exact) mass is 384 g/mol. The molecule has 4 rings (SSSR count). The first kappa shape index (κ1) is 18.4. The van der Waals surface area contributed by atoms with E-state index in [9.17, 15) is 20.4 Å². The van der Waals surface area contributed by atoms with Crippen LogP contribution in [-0.4, -0.2) is 20.4 Å². The van der Waals surface area contributed by atoms with Gasteiger partial charge in [-0.25, -0.2) is 0 Å². The number of hydrogen-bond acceptors (Lipinski definition) is 4. The molecule has 0 amide bonds. The van der Waals surface area contributed by atoms with Crippen molar-refractivity contribution in [3.05, 3.63) is 96.1 Å². The van der Waals surface area contributed by atoms with Crippen molar-refractivity contribution < 1.29 is 20.4 Å². The van der Waals surface area contributed by atoms with Gasteiger partial charge < -0.3 is 20.4 Å². The van der Waals surface area contributed by atoms with Gasteiger partial charge in [-0.15, -0.1) is 0 Å². The van der Waals surface area contributed by atoms with Crippen molar-refractivity contribution >= 4 is 0 Å². The molecular formula is C25H20O4. The Labute approximate surface area is 168 Å². The molecule has 0 saturated carbocycles. The largest absolute Gasteiger partial charge is 0.507 e. The number of para-hydroxylation sites is 4. The number of rotatable bonds is 4. The molecule has 4 aromatic carbocycles. The Morgan fingerprint density at radius 3 is 1.21 bits per heavy atom. The molecule has 0 spiro atoms. The average Bonchev–Trinajstić information content (AvgIpc) is 2.72. The molecule has 0 heterocycles. The molecule has 0 aliphatic rings. The Morgan fingerprint density at radius 1 is 0.414 bits per heavy atom. The Bertz CT molecular complexity index is 1090. The predicted octanol–water partition coefficient (Wildman–Crippen LogP) is 5.43. The summed E-state index contributed by atoms with van der Waals surface area (Å²) >= 11 is 0. The van der Waals surface area contributed by atoms with E-state index in [1.807, 2.05) is 0 Å². The molecule has 0 aliphatic heterocycles. The highest BCUT2D eigenvalue weighted by Gasteiger charge is 2.16. The fraction of sp³-hybridized carbons (Fsp3) is 0.0400. The van der Waals surface area contributed by atoms with E-state index in [1.165, 1.54) is 0 Å². The molecule has 0 saturated heterocycles. The van der Waals surface area contributed by atoms with E-state index < -0.39 is 0 Å². The second-order valence-corrected chi connectivity index (χ2v) is 6.84. The minimum Gasteiger partial charge on any atom is -0.507 e. The Balaban J connectivity index is 1.75. The number of benzene rings is 4. The predicted molar refractivity (Wildman–Crippen MR) is 113 cm³/mol. The zero-order chi connectivity index (χ0) is 20.4. The standard InChI is InChI=1S/C25H20O4/c26-22-13-3-1-9-18(22)20-11-5-7-16(24(20)28)15-17-8-6-12-21(25(17)29)19-10-2-4-14-23(19)27/h1-14,26-29H,15H2. The lowest BCUT2D eigenvalue weighted by Gasteiger charge is -2.14. The third-order valence-corrected chi connectivity index (χ3v) is 5.01. The van der Waals surface area contributed by atoms with Crippen molar-refractivity contribution in [2.45, 2.75) is 6.42 Å². The summed E-state index contributed by atoms with van der Waals surface area (Å²) in [5.74, 6) is 0.288. The van der Waals surface area contributed by atoms with Gasteiger partial charge in [-0.3, -0.25) is 0 Å². The Kier molecular flexibility index (Phi) is 4.83. The van der Waals surface area contributed by atoms with E-state index in [2.05, 4.69) is 0 Å². The molecular weight excluding hydrogens is 364 g/mol. The van der Waals surface area contributed by atoms with Gasteiger partial charge in [0.1, 0.15) is 23.0 Å². The Morgan fingerprint density at radius 2 is 0.793 bits per heavy atom. The lowest BCUT2D eigenvalue weighted by atomic mass is 9.94. The fourth-order valence-electron chi connectivity index (χ4n) is 3.51. The quantitative estimate of drug-likeness (QED) is 0.378. The molecule has 0 atom stereocenters. The van der Waals surface area contributed by atoms with Crippen molar-refractivity contribution in [2.24, 2.45) is 0 Å². The third-order valence-electron chi connectivity index (χ3n) is 5.01. The van der Waals surface area contributed by atoms with Crippen LogP contribution < -0.4 is 0 Å². The zero-order valence-corrected chi connectivity index (χ0v) is 15.6. The summed E-state index contributed by atoms with van der Waals surface area (Å²) in [6.07, 6.45) is 0.292. The molecule has 0 radical (unpaired) electrons. The minimum absolute atomic E-state index is 0.0568. The topological polar surface area (TPSA) is 80.9 Å². The van der Waals surface area contributed by atoms with Gasteiger partial charge in [0.25, 0.3) is 0 Å².